The highest BCUT2D eigenvalue weighted by atomic mass is 16.4. The maximum Gasteiger partial charge on any atom is 0.233 e. The first kappa shape index (κ1) is 12.4. The molecule has 1 aromatic heterocycles. The molecule has 0 saturated heterocycles. The molecule has 1 aliphatic carbocycles. The summed E-state index contributed by atoms with van der Waals surface area (Å²) >= 11 is 0. The van der Waals surface area contributed by atoms with E-state index in [0.717, 1.165) is 18.7 Å². The number of aromatic nitrogens is 2. The third-order valence-electron chi connectivity index (χ3n) is 3.93. The zero-order valence-electron chi connectivity index (χ0n) is 11.4. The van der Waals surface area contributed by atoms with Crippen molar-refractivity contribution in [1.29, 1.82) is 0 Å². The standard InChI is InChI=1S/C15H19N3O/c1-10(16-2)14-17-18-15(19-14)13-9-5-7-11-6-3-4-8-12(11)13/h3-4,6,8,10,13,16H,5,7,9H2,1-2H3. The topological polar surface area (TPSA) is 51.0 Å². The van der Waals surface area contributed by atoms with Crippen molar-refractivity contribution < 1.29 is 4.42 Å². The smallest absolute Gasteiger partial charge is 0.233 e. The normalized spacial score (nSPS) is 20.0. The molecule has 19 heavy (non-hydrogen) atoms. The number of hydrogen-bond donors (Lipinski definition) is 1. The molecule has 4 heteroatoms. The Morgan fingerprint density at radius 1 is 1.32 bits per heavy atom. The second kappa shape index (κ2) is 5.13. The summed E-state index contributed by atoms with van der Waals surface area (Å²) in [6, 6.07) is 8.67. The molecular weight excluding hydrogens is 238 g/mol. The highest BCUT2D eigenvalue weighted by Gasteiger charge is 2.26. The molecule has 2 atom stereocenters. The van der Waals surface area contributed by atoms with Crippen LogP contribution in [0, 0.1) is 0 Å². The Hall–Kier alpha value is -1.68. The van der Waals surface area contributed by atoms with Crippen LogP contribution in [0.5, 0.6) is 0 Å². The lowest BCUT2D eigenvalue weighted by molar-refractivity contribution is 0.383. The maximum atomic E-state index is 5.85. The second-order valence-corrected chi connectivity index (χ2v) is 5.13. The van der Waals surface area contributed by atoms with Crippen molar-refractivity contribution in [2.45, 2.75) is 38.1 Å². The third kappa shape index (κ3) is 2.28. The minimum atomic E-state index is 0.0973. The fraction of sp³-hybridized carbons (Fsp3) is 0.467. The van der Waals surface area contributed by atoms with Crippen LogP contribution in [0.1, 0.15) is 54.6 Å². The number of aryl methyl sites for hydroxylation is 1. The molecule has 0 bridgehead atoms. The average Bonchev–Trinajstić information content (AvgIpc) is 2.95. The SMILES string of the molecule is CNC(C)c1nnc(C2CCCc3ccccc32)o1. The number of benzene rings is 1. The van der Waals surface area contributed by atoms with Gasteiger partial charge in [0.15, 0.2) is 0 Å². The van der Waals surface area contributed by atoms with Crippen molar-refractivity contribution in [3.8, 4) is 0 Å². The minimum absolute atomic E-state index is 0.0973. The Morgan fingerprint density at radius 2 is 2.16 bits per heavy atom. The molecule has 0 radical (unpaired) electrons. The van der Waals surface area contributed by atoms with E-state index in [1.165, 1.54) is 17.5 Å². The fourth-order valence-electron chi connectivity index (χ4n) is 2.70. The van der Waals surface area contributed by atoms with E-state index in [9.17, 15) is 0 Å². The summed E-state index contributed by atoms with van der Waals surface area (Å²) in [5.74, 6) is 1.68. The maximum absolute atomic E-state index is 5.85. The summed E-state index contributed by atoms with van der Waals surface area (Å²) in [4.78, 5) is 0. The fourth-order valence-corrected chi connectivity index (χ4v) is 2.70. The van der Waals surface area contributed by atoms with E-state index >= 15 is 0 Å². The Morgan fingerprint density at radius 3 is 3.00 bits per heavy atom. The third-order valence-corrected chi connectivity index (χ3v) is 3.93. The average molecular weight is 257 g/mol. The van der Waals surface area contributed by atoms with Crippen molar-refractivity contribution in [1.82, 2.24) is 15.5 Å². The van der Waals surface area contributed by atoms with Gasteiger partial charge in [-0.3, -0.25) is 0 Å². The van der Waals surface area contributed by atoms with Crippen LogP contribution in [0.25, 0.3) is 0 Å². The Bertz CT molecular complexity index is 564. The van der Waals surface area contributed by atoms with Crippen LogP contribution in [0.4, 0.5) is 0 Å². The molecule has 1 aliphatic rings. The lowest BCUT2D eigenvalue weighted by Crippen LogP contribution is -2.12. The number of nitrogens with zero attached hydrogens (tertiary/aromatic N) is 2. The van der Waals surface area contributed by atoms with E-state index in [1.807, 2.05) is 14.0 Å². The molecule has 100 valence electrons. The van der Waals surface area contributed by atoms with Gasteiger partial charge in [-0.15, -0.1) is 10.2 Å². The molecule has 0 saturated carbocycles. The van der Waals surface area contributed by atoms with Gasteiger partial charge in [-0.1, -0.05) is 24.3 Å². The van der Waals surface area contributed by atoms with Crippen molar-refractivity contribution in [2.75, 3.05) is 7.05 Å². The van der Waals surface area contributed by atoms with Gasteiger partial charge in [0.05, 0.1) is 12.0 Å². The lowest BCUT2D eigenvalue weighted by Gasteiger charge is -2.22. The van der Waals surface area contributed by atoms with Crippen molar-refractivity contribution >= 4 is 0 Å². The molecule has 1 aromatic carbocycles. The van der Waals surface area contributed by atoms with Crippen LogP contribution < -0.4 is 5.32 Å². The van der Waals surface area contributed by atoms with Gasteiger partial charge >= 0.3 is 0 Å². The van der Waals surface area contributed by atoms with Gasteiger partial charge in [-0.25, -0.2) is 0 Å². The number of nitrogens with one attached hydrogen (secondary N) is 1. The molecule has 0 amide bonds. The molecule has 0 aliphatic heterocycles. The highest BCUT2D eigenvalue weighted by molar-refractivity contribution is 5.35. The Balaban J connectivity index is 1.93. The number of hydrogen-bond acceptors (Lipinski definition) is 4. The summed E-state index contributed by atoms with van der Waals surface area (Å²) in [6.45, 7) is 2.02. The molecule has 1 heterocycles. The predicted molar refractivity (Wildman–Crippen MR) is 73.0 cm³/mol. The van der Waals surface area contributed by atoms with Crippen molar-refractivity contribution in [3.05, 3.63) is 47.2 Å². The van der Waals surface area contributed by atoms with Gasteiger partial charge in [0.2, 0.25) is 11.8 Å². The molecular formula is C15H19N3O. The van der Waals surface area contributed by atoms with Crippen LogP contribution in [0.15, 0.2) is 28.7 Å². The van der Waals surface area contributed by atoms with E-state index in [-0.39, 0.29) is 12.0 Å². The summed E-state index contributed by atoms with van der Waals surface area (Å²) < 4.78 is 5.85. The summed E-state index contributed by atoms with van der Waals surface area (Å²) in [7, 11) is 1.89. The molecule has 4 nitrogen and oxygen atoms in total. The van der Waals surface area contributed by atoms with Gasteiger partial charge in [-0.05, 0) is 44.4 Å². The molecule has 0 spiro atoms. The zero-order valence-corrected chi connectivity index (χ0v) is 11.4. The summed E-state index contributed by atoms with van der Waals surface area (Å²) in [5, 5.41) is 11.5. The molecule has 3 rings (SSSR count). The van der Waals surface area contributed by atoms with E-state index in [2.05, 4.69) is 39.8 Å². The van der Waals surface area contributed by atoms with Gasteiger partial charge in [0.25, 0.3) is 0 Å². The number of rotatable bonds is 3. The zero-order chi connectivity index (χ0) is 13.2. The van der Waals surface area contributed by atoms with Crippen molar-refractivity contribution in [2.24, 2.45) is 0 Å². The summed E-state index contributed by atoms with van der Waals surface area (Å²) in [6.07, 6.45) is 3.42. The lowest BCUT2D eigenvalue weighted by atomic mass is 9.83. The van der Waals surface area contributed by atoms with Crippen LogP contribution in [0.2, 0.25) is 0 Å². The monoisotopic (exact) mass is 257 g/mol. The van der Waals surface area contributed by atoms with Crippen LogP contribution in [-0.2, 0) is 6.42 Å². The van der Waals surface area contributed by atoms with Crippen molar-refractivity contribution in [3.63, 3.8) is 0 Å². The molecule has 2 unspecified atom stereocenters. The Kier molecular flexibility index (Phi) is 3.34. The largest absolute Gasteiger partial charge is 0.423 e. The number of fused-ring (bicyclic) bond motifs is 1. The van der Waals surface area contributed by atoms with E-state index in [1.54, 1.807) is 0 Å². The molecule has 0 fully saturated rings. The predicted octanol–water partition coefficient (Wildman–Crippen LogP) is 2.82. The van der Waals surface area contributed by atoms with Crippen LogP contribution >= 0.6 is 0 Å². The van der Waals surface area contributed by atoms with E-state index in [4.69, 9.17) is 4.42 Å². The van der Waals surface area contributed by atoms with E-state index < -0.39 is 0 Å². The molecule has 2 aromatic rings. The van der Waals surface area contributed by atoms with Gasteiger partial charge in [0, 0.05) is 0 Å². The molecule has 1 N–H and O–H groups in total. The second-order valence-electron chi connectivity index (χ2n) is 5.13. The van der Waals surface area contributed by atoms with E-state index in [0.29, 0.717) is 5.89 Å². The van der Waals surface area contributed by atoms with Gasteiger partial charge in [-0.2, -0.15) is 0 Å². The minimum Gasteiger partial charge on any atom is -0.423 e. The van der Waals surface area contributed by atoms with Crippen LogP contribution in [-0.4, -0.2) is 17.2 Å². The summed E-state index contributed by atoms with van der Waals surface area (Å²) in [5.41, 5.74) is 2.77. The van der Waals surface area contributed by atoms with Gasteiger partial charge < -0.3 is 9.73 Å². The highest BCUT2D eigenvalue weighted by Crippen LogP contribution is 2.36. The first-order valence-corrected chi connectivity index (χ1v) is 6.88. The van der Waals surface area contributed by atoms with Crippen LogP contribution in [0.3, 0.4) is 0 Å². The van der Waals surface area contributed by atoms with Gasteiger partial charge in [0.1, 0.15) is 0 Å². The Labute approximate surface area is 113 Å². The first-order valence-electron chi connectivity index (χ1n) is 6.88. The first-order chi connectivity index (χ1) is 9.29. The quantitative estimate of drug-likeness (QED) is 0.918.